The van der Waals surface area contributed by atoms with Crippen molar-refractivity contribution in [2.45, 2.75) is 123 Å². The second-order valence-corrected chi connectivity index (χ2v) is 22.4. The first-order chi connectivity index (χ1) is 39.7. The highest BCUT2D eigenvalue weighted by Crippen LogP contribution is 2.53. The van der Waals surface area contributed by atoms with E-state index in [0.717, 1.165) is 82.5 Å². The average molecular weight is 1120 g/mol. The maximum Gasteiger partial charge on any atom is 0.319 e. The molecule has 4 aromatic heterocycles. The lowest BCUT2D eigenvalue weighted by molar-refractivity contribution is -0.142. The molecule has 6 atom stereocenters. The molecule has 11 rings (SSSR count). The minimum absolute atomic E-state index is 0.0373. The van der Waals surface area contributed by atoms with E-state index in [2.05, 4.69) is 54.1 Å². The molecule has 430 valence electrons. The van der Waals surface area contributed by atoms with Gasteiger partial charge in [0.2, 0.25) is 11.8 Å². The predicted octanol–water partition coefficient (Wildman–Crippen LogP) is 7.83. The number of nitrogens with zero attached hydrogens (tertiary/aromatic N) is 10. The number of hydrogen-bond acceptors (Lipinski definition) is 15. The van der Waals surface area contributed by atoms with E-state index < -0.39 is 30.1 Å². The van der Waals surface area contributed by atoms with Gasteiger partial charge in [-0.15, -0.1) is 5.10 Å². The second-order valence-electron chi connectivity index (χ2n) is 22.4. The van der Waals surface area contributed by atoms with Gasteiger partial charge in [0.1, 0.15) is 48.1 Å². The number of aromatic nitrogens is 9. The number of rotatable bonds is 20. The summed E-state index contributed by atoms with van der Waals surface area (Å²) in [7, 11) is 1.63. The molecule has 1 aliphatic carbocycles. The summed E-state index contributed by atoms with van der Waals surface area (Å²) in [6, 6.07) is 18.6. The SMILES string of the molecule is CCn1nccc1-c1ccc([C@H](CO)NC(=O)[C@@H]2C[C@@H](O)CN2C(=O)[C@H](C(C)C)n2cc(-c3ccc(COc4c(-c5c(C)c(F)cc6[nH]ncc56)c(C5CC5)cc5c(N6CCNCC[C@@H]6C)nc(OC[C@H](C)OC)nc45)cc3)nn2)cc1. The number of amides is 2. The van der Waals surface area contributed by atoms with E-state index in [1.165, 1.54) is 15.6 Å². The van der Waals surface area contributed by atoms with Crippen LogP contribution in [0.1, 0.15) is 101 Å². The van der Waals surface area contributed by atoms with Crippen molar-refractivity contribution in [1.29, 1.82) is 0 Å². The molecule has 0 spiro atoms. The largest absolute Gasteiger partial charge is 0.486 e. The fraction of sp³-hybridized carbons (Fsp3) is 0.443. The van der Waals surface area contributed by atoms with Crippen LogP contribution in [0.3, 0.4) is 0 Å². The summed E-state index contributed by atoms with van der Waals surface area (Å²) >= 11 is 0. The van der Waals surface area contributed by atoms with E-state index in [1.54, 1.807) is 32.6 Å². The number of fused-ring (bicyclic) bond motifs is 2. The normalized spacial score (nSPS) is 18.7. The minimum atomic E-state index is -0.987. The summed E-state index contributed by atoms with van der Waals surface area (Å²) < 4.78 is 38.6. The maximum absolute atomic E-state index is 16.1. The first kappa shape index (κ1) is 56.0. The fourth-order valence-electron chi connectivity index (χ4n) is 11.6. The van der Waals surface area contributed by atoms with Gasteiger partial charge in [-0.2, -0.15) is 20.2 Å². The number of benzene rings is 4. The van der Waals surface area contributed by atoms with Crippen LogP contribution in [0, 0.1) is 18.7 Å². The van der Waals surface area contributed by atoms with E-state index in [0.29, 0.717) is 52.3 Å². The Balaban J connectivity index is 0.874. The first-order valence-electron chi connectivity index (χ1n) is 28.5. The zero-order valence-electron chi connectivity index (χ0n) is 47.5. The average Bonchev–Trinajstić information content (AvgIpc) is 2.12. The van der Waals surface area contributed by atoms with Gasteiger partial charge in [-0.25, -0.2) is 9.07 Å². The van der Waals surface area contributed by atoms with Crippen molar-refractivity contribution in [3.05, 3.63) is 113 Å². The number of aryl methyl sites for hydroxylation is 1. The van der Waals surface area contributed by atoms with Crippen LogP contribution in [0.5, 0.6) is 11.8 Å². The Morgan fingerprint density at radius 1 is 0.951 bits per heavy atom. The molecule has 3 fully saturated rings. The molecule has 82 heavy (non-hydrogen) atoms. The molecular weight excluding hydrogens is 1050 g/mol. The van der Waals surface area contributed by atoms with Crippen LogP contribution in [-0.2, 0) is 27.5 Å². The number of halogens is 1. The van der Waals surface area contributed by atoms with Crippen LogP contribution in [0.25, 0.3) is 55.4 Å². The molecule has 21 heteroatoms. The van der Waals surface area contributed by atoms with E-state index in [-0.39, 0.29) is 74.5 Å². The number of hydrogen-bond donors (Lipinski definition) is 5. The Labute approximate surface area is 475 Å². The number of carbonyl (C=O) groups is 2. The highest BCUT2D eigenvalue weighted by molar-refractivity contribution is 6.06. The topological polar surface area (TPSA) is 236 Å². The van der Waals surface area contributed by atoms with Gasteiger partial charge in [0.05, 0.1) is 48.5 Å². The third-order valence-electron chi connectivity index (χ3n) is 16.4. The number of aliphatic hydroxyl groups excluding tert-OH is 2. The molecule has 0 unspecified atom stereocenters. The van der Waals surface area contributed by atoms with Crippen molar-refractivity contribution in [2.75, 3.05) is 51.4 Å². The van der Waals surface area contributed by atoms with Gasteiger partial charge in [-0.3, -0.25) is 19.4 Å². The van der Waals surface area contributed by atoms with Crippen molar-refractivity contribution in [3.8, 4) is 45.4 Å². The number of β-amino-alcohol motifs (C(OH)–C–C–N with tert-alkyl or cyclic N) is 1. The van der Waals surface area contributed by atoms with Crippen molar-refractivity contribution in [2.24, 2.45) is 5.92 Å². The molecule has 1 saturated carbocycles. The number of carbonyl (C=O) groups excluding carboxylic acids is 2. The van der Waals surface area contributed by atoms with Crippen molar-refractivity contribution >= 4 is 39.4 Å². The van der Waals surface area contributed by atoms with Gasteiger partial charge in [-0.1, -0.05) is 67.6 Å². The number of aromatic amines is 1. The molecule has 4 aromatic carbocycles. The summed E-state index contributed by atoms with van der Waals surface area (Å²) in [4.78, 5) is 42.7. The Kier molecular flexibility index (Phi) is 16.4. The second kappa shape index (κ2) is 23.9. The minimum Gasteiger partial charge on any atom is -0.486 e. The van der Waals surface area contributed by atoms with Crippen LogP contribution in [0.4, 0.5) is 10.2 Å². The van der Waals surface area contributed by atoms with Gasteiger partial charge in [0.25, 0.3) is 0 Å². The molecule has 2 saturated heterocycles. The lowest BCUT2D eigenvalue weighted by Gasteiger charge is -2.30. The monoisotopic (exact) mass is 1120 g/mol. The lowest BCUT2D eigenvalue weighted by atomic mass is 9.88. The number of methoxy groups -OCH3 is 1. The summed E-state index contributed by atoms with van der Waals surface area (Å²) in [6.07, 6.45) is 6.92. The zero-order chi connectivity index (χ0) is 57.3. The molecule has 8 aromatic rings. The number of aliphatic hydroxyl groups is 2. The van der Waals surface area contributed by atoms with E-state index in [4.69, 9.17) is 24.2 Å². The number of ether oxygens (including phenoxy) is 3. The molecule has 5 N–H and O–H groups in total. The highest BCUT2D eigenvalue weighted by atomic mass is 19.1. The molecule has 2 aliphatic heterocycles. The van der Waals surface area contributed by atoms with E-state index >= 15 is 4.39 Å². The van der Waals surface area contributed by atoms with Crippen molar-refractivity contribution < 1.29 is 38.4 Å². The smallest absolute Gasteiger partial charge is 0.319 e. The zero-order valence-corrected chi connectivity index (χ0v) is 47.5. The summed E-state index contributed by atoms with van der Waals surface area (Å²) in [5, 5.41) is 50.2. The Morgan fingerprint density at radius 2 is 1.73 bits per heavy atom. The van der Waals surface area contributed by atoms with Crippen LogP contribution in [0.15, 0.2) is 85.3 Å². The summed E-state index contributed by atoms with van der Waals surface area (Å²) in [6.45, 7) is 14.7. The Morgan fingerprint density at radius 3 is 2.46 bits per heavy atom. The maximum atomic E-state index is 16.1. The third kappa shape index (κ3) is 11.3. The van der Waals surface area contributed by atoms with Crippen LogP contribution < -0.4 is 25.0 Å². The summed E-state index contributed by atoms with van der Waals surface area (Å²) in [5.74, 6) is -0.0793. The quantitative estimate of drug-likeness (QED) is 0.0489. The third-order valence-corrected chi connectivity index (χ3v) is 16.4. The van der Waals surface area contributed by atoms with Crippen LogP contribution in [0.2, 0.25) is 0 Å². The van der Waals surface area contributed by atoms with Gasteiger partial charge >= 0.3 is 6.01 Å². The van der Waals surface area contributed by atoms with Crippen LogP contribution in [-0.4, -0.2) is 143 Å². The van der Waals surface area contributed by atoms with Crippen molar-refractivity contribution in [3.63, 3.8) is 0 Å². The van der Waals surface area contributed by atoms with Crippen molar-refractivity contribution in [1.82, 2.24) is 60.5 Å². The van der Waals surface area contributed by atoms with Gasteiger partial charge in [0.15, 0.2) is 5.75 Å². The van der Waals surface area contributed by atoms with E-state index in [1.807, 2.05) is 87.0 Å². The molecule has 0 bridgehead atoms. The number of likely N-dealkylation sites (tertiary alicyclic amines) is 1. The van der Waals surface area contributed by atoms with Gasteiger partial charge in [-0.05, 0) is 111 Å². The first-order valence-corrected chi connectivity index (χ1v) is 28.5. The Hall–Kier alpha value is -7.85. The number of nitrogens with one attached hydrogen (secondary N) is 3. The number of H-pyrrole nitrogens is 1. The molecule has 2 amide bonds. The Bertz CT molecular complexity index is 3580. The van der Waals surface area contributed by atoms with Gasteiger partial charge < -0.3 is 44.9 Å². The molecule has 20 nitrogen and oxygen atoms in total. The molecule has 6 heterocycles. The highest BCUT2D eigenvalue weighted by Gasteiger charge is 2.43. The number of anilines is 1. The molecular formula is C61H72FN13O7. The standard InChI is InChI=1S/C61H72FN13O7/c1-8-74-51(20-22-65-74)42-17-15-41(16-18-42)50(31-76)66-59(78)52-25-43(77)29-73(52)60(79)56(34(2)3)75-30-49(70-71-75)40-11-9-38(10-12-40)33-81-57-54(53-37(6)47(62)27-48-46(53)28-64-69-48)44(39-13-14-39)26-45-55(57)67-61(82-32-36(5)80-7)68-58(45)72-24-23-63-21-19-35(72)4/h9-12,15-18,20,22,26-28,30,34-36,39,43,50,52,56,63,76-77H,8,13-14,19,21,23-25,29,31-33H2,1-7H3,(H,64,69)(H,66,78)/t35-,36-,43+,50-,52-,56-/m0/s1. The predicted molar refractivity (Wildman–Crippen MR) is 309 cm³/mol. The summed E-state index contributed by atoms with van der Waals surface area (Å²) in [5.41, 5.74) is 8.74. The fourth-order valence-corrected chi connectivity index (χ4v) is 11.6. The molecule has 0 radical (unpaired) electrons. The molecule has 3 aliphatic rings. The van der Waals surface area contributed by atoms with Gasteiger partial charge in [0, 0.05) is 79.4 Å². The lowest BCUT2D eigenvalue weighted by Crippen LogP contribution is -2.50. The van der Waals surface area contributed by atoms with E-state index in [9.17, 15) is 19.8 Å². The van der Waals surface area contributed by atoms with Crippen LogP contribution >= 0.6 is 0 Å².